The molecular weight excluding hydrogens is 400 g/mol. The minimum atomic E-state index is 0.0497. The Morgan fingerprint density at radius 2 is 1.66 bits per heavy atom. The van der Waals surface area contributed by atoms with Crippen molar-refractivity contribution in [3.8, 4) is 11.5 Å². The summed E-state index contributed by atoms with van der Waals surface area (Å²) in [6.07, 6.45) is 6.12. The summed E-state index contributed by atoms with van der Waals surface area (Å²) in [6.45, 7) is 3.36. The quantitative estimate of drug-likeness (QED) is 0.413. The van der Waals surface area contributed by atoms with Crippen molar-refractivity contribution in [3.05, 3.63) is 83.2 Å². The maximum absolute atomic E-state index is 13.4. The first-order chi connectivity index (χ1) is 15.5. The molecule has 0 aliphatic heterocycles. The van der Waals surface area contributed by atoms with E-state index in [0.29, 0.717) is 24.6 Å². The highest BCUT2D eigenvalue weighted by Crippen LogP contribution is 2.28. The van der Waals surface area contributed by atoms with Crippen molar-refractivity contribution < 1.29 is 14.3 Å². The normalized spacial score (nSPS) is 10.8. The van der Waals surface area contributed by atoms with E-state index in [0.717, 1.165) is 36.1 Å². The van der Waals surface area contributed by atoms with E-state index < -0.39 is 0 Å². The van der Waals surface area contributed by atoms with Crippen LogP contribution in [0.4, 0.5) is 0 Å². The van der Waals surface area contributed by atoms with Crippen molar-refractivity contribution in [1.82, 2.24) is 9.47 Å². The molecule has 0 atom stereocenters. The first-order valence-electron chi connectivity index (χ1n) is 11.2. The van der Waals surface area contributed by atoms with E-state index in [4.69, 9.17) is 9.47 Å². The van der Waals surface area contributed by atoms with Gasteiger partial charge in [0.2, 0.25) is 0 Å². The first-order valence-corrected chi connectivity index (χ1v) is 11.2. The van der Waals surface area contributed by atoms with Crippen LogP contribution in [0.15, 0.2) is 60.8 Å². The number of hydrogen-bond donors (Lipinski definition) is 0. The molecule has 0 bridgehead atoms. The predicted octanol–water partition coefficient (Wildman–Crippen LogP) is 5.27. The molecule has 0 saturated heterocycles. The van der Waals surface area contributed by atoms with Crippen LogP contribution in [0, 0.1) is 0 Å². The zero-order valence-electron chi connectivity index (χ0n) is 19.6. The maximum Gasteiger partial charge on any atom is 0.254 e. The fourth-order valence-corrected chi connectivity index (χ4v) is 3.79. The van der Waals surface area contributed by atoms with Gasteiger partial charge in [-0.2, -0.15) is 0 Å². The lowest BCUT2D eigenvalue weighted by Gasteiger charge is -2.24. The molecular formula is C27H34N2O3. The number of amides is 1. The zero-order valence-corrected chi connectivity index (χ0v) is 19.6. The van der Waals surface area contributed by atoms with E-state index in [1.807, 2.05) is 54.5 Å². The molecule has 1 aromatic heterocycles. The van der Waals surface area contributed by atoms with Gasteiger partial charge in [-0.3, -0.25) is 4.79 Å². The number of nitrogens with zero attached hydrogens (tertiary/aromatic N) is 2. The molecule has 3 rings (SSSR count). The average Bonchev–Trinajstić information content (AvgIpc) is 3.24. The summed E-state index contributed by atoms with van der Waals surface area (Å²) in [7, 11) is 5.28. The Labute approximate surface area is 191 Å². The molecule has 1 heterocycles. The molecule has 0 unspecified atom stereocenters. The van der Waals surface area contributed by atoms with E-state index in [-0.39, 0.29) is 5.91 Å². The third kappa shape index (κ3) is 5.94. The van der Waals surface area contributed by atoms with Crippen molar-refractivity contribution in [3.63, 3.8) is 0 Å². The van der Waals surface area contributed by atoms with Gasteiger partial charge in [-0.15, -0.1) is 0 Å². The Bertz CT molecular complexity index is 1010. The summed E-state index contributed by atoms with van der Waals surface area (Å²) in [5.41, 5.74) is 4.21. The SMILES string of the molecule is CCCCc1ccc(C(=O)N(CCc2ccc(OC)c(OC)c2)Cc2cccn2C)cc1. The second-order valence-corrected chi connectivity index (χ2v) is 8.08. The molecule has 0 N–H and O–H groups in total. The molecule has 0 saturated carbocycles. The molecule has 1 amide bonds. The molecule has 0 fully saturated rings. The second-order valence-electron chi connectivity index (χ2n) is 8.08. The molecule has 3 aromatic rings. The molecule has 0 aliphatic rings. The van der Waals surface area contributed by atoms with Gasteiger partial charge in [0.05, 0.1) is 20.8 Å². The number of ether oxygens (including phenoxy) is 2. The number of carbonyl (C=O) groups is 1. The Morgan fingerprint density at radius 3 is 2.28 bits per heavy atom. The molecule has 2 aromatic carbocycles. The summed E-state index contributed by atoms with van der Waals surface area (Å²) >= 11 is 0. The molecule has 5 heteroatoms. The third-order valence-electron chi connectivity index (χ3n) is 5.83. The molecule has 0 spiro atoms. The van der Waals surface area contributed by atoms with E-state index in [9.17, 15) is 4.79 Å². The topological polar surface area (TPSA) is 43.7 Å². The van der Waals surface area contributed by atoms with E-state index in [2.05, 4.69) is 29.7 Å². The number of aryl methyl sites for hydroxylation is 2. The van der Waals surface area contributed by atoms with Crippen LogP contribution in [0.1, 0.15) is 46.9 Å². The Morgan fingerprint density at radius 1 is 0.938 bits per heavy atom. The highest BCUT2D eigenvalue weighted by molar-refractivity contribution is 5.94. The van der Waals surface area contributed by atoms with Crippen LogP contribution in [0.2, 0.25) is 0 Å². The Hall–Kier alpha value is -3.21. The summed E-state index contributed by atoms with van der Waals surface area (Å²) < 4.78 is 12.8. The highest BCUT2D eigenvalue weighted by atomic mass is 16.5. The molecule has 170 valence electrons. The number of methoxy groups -OCH3 is 2. The number of carbonyl (C=O) groups excluding carboxylic acids is 1. The van der Waals surface area contributed by atoms with Crippen LogP contribution < -0.4 is 9.47 Å². The van der Waals surface area contributed by atoms with Crippen LogP contribution >= 0.6 is 0 Å². The molecule has 5 nitrogen and oxygen atoms in total. The average molecular weight is 435 g/mol. The number of aromatic nitrogens is 1. The van der Waals surface area contributed by atoms with Gasteiger partial charge < -0.3 is 18.9 Å². The third-order valence-corrected chi connectivity index (χ3v) is 5.83. The lowest BCUT2D eigenvalue weighted by molar-refractivity contribution is 0.0742. The van der Waals surface area contributed by atoms with Gasteiger partial charge in [-0.25, -0.2) is 0 Å². The first kappa shape index (κ1) is 23.5. The van der Waals surface area contributed by atoms with Crippen molar-refractivity contribution in [1.29, 1.82) is 0 Å². The lowest BCUT2D eigenvalue weighted by Crippen LogP contribution is -2.33. The van der Waals surface area contributed by atoms with Crippen LogP contribution in [0.25, 0.3) is 0 Å². The zero-order chi connectivity index (χ0) is 22.9. The number of unbranched alkanes of at least 4 members (excludes halogenated alkanes) is 1. The van der Waals surface area contributed by atoms with Gasteiger partial charge in [0.1, 0.15) is 0 Å². The Kier molecular flexibility index (Phi) is 8.37. The van der Waals surface area contributed by atoms with E-state index >= 15 is 0 Å². The largest absolute Gasteiger partial charge is 0.493 e. The number of benzene rings is 2. The lowest BCUT2D eigenvalue weighted by atomic mass is 10.1. The highest BCUT2D eigenvalue weighted by Gasteiger charge is 2.18. The van der Waals surface area contributed by atoms with Crippen molar-refractivity contribution in [2.75, 3.05) is 20.8 Å². The fraction of sp³-hybridized carbons (Fsp3) is 0.370. The van der Waals surface area contributed by atoms with Gasteiger partial charge >= 0.3 is 0 Å². The van der Waals surface area contributed by atoms with Crippen LogP contribution in [0.5, 0.6) is 11.5 Å². The monoisotopic (exact) mass is 434 g/mol. The van der Waals surface area contributed by atoms with E-state index in [1.54, 1.807) is 14.2 Å². The number of rotatable bonds is 11. The minimum absolute atomic E-state index is 0.0497. The maximum atomic E-state index is 13.4. The van der Waals surface area contributed by atoms with Crippen LogP contribution in [-0.4, -0.2) is 36.1 Å². The van der Waals surface area contributed by atoms with Crippen LogP contribution in [0.3, 0.4) is 0 Å². The van der Waals surface area contributed by atoms with Crippen molar-refractivity contribution in [2.45, 2.75) is 39.2 Å². The summed E-state index contributed by atoms with van der Waals surface area (Å²) in [5, 5.41) is 0. The molecule has 0 aliphatic carbocycles. The van der Waals surface area contributed by atoms with Gasteiger partial charge in [-0.1, -0.05) is 31.5 Å². The standard InChI is InChI=1S/C27H34N2O3/c1-5-6-8-21-10-13-23(14-11-21)27(30)29(20-24-9-7-17-28(24)2)18-16-22-12-15-25(31-3)26(19-22)32-4/h7,9-15,17,19H,5-6,8,16,18,20H2,1-4H3. The second kappa shape index (κ2) is 11.4. The minimum Gasteiger partial charge on any atom is -0.493 e. The summed E-state index contributed by atoms with van der Waals surface area (Å²) in [6, 6.07) is 18.1. The smallest absolute Gasteiger partial charge is 0.254 e. The van der Waals surface area contributed by atoms with E-state index in [1.165, 1.54) is 12.0 Å². The summed E-state index contributed by atoms with van der Waals surface area (Å²) in [5.74, 6) is 1.46. The fourth-order valence-electron chi connectivity index (χ4n) is 3.79. The number of hydrogen-bond acceptors (Lipinski definition) is 3. The molecule has 32 heavy (non-hydrogen) atoms. The summed E-state index contributed by atoms with van der Waals surface area (Å²) in [4.78, 5) is 15.3. The van der Waals surface area contributed by atoms with Gasteiger partial charge in [0, 0.05) is 31.0 Å². The predicted molar refractivity (Wildman–Crippen MR) is 128 cm³/mol. The van der Waals surface area contributed by atoms with Gasteiger partial charge in [0.25, 0.3) is 5.91 Å². The van der Waals surface area contributed by atoms with Gasteiger partial charge in [-0.05, 0) is 66.8 Å². The Balaban J connectivity index is 1.77. The molecule has 0 radical (unpaired) electrons. The van der Waals surface area contributed by atoms with Crippen molar-refractivity contribution in [2.24, 2.45) is 7.05 Å². The van der Waals surface area contributed by atoms with Crippen LogP contribution in [-0.2, 0) is 26.4 Å². The van der Waals surface area contributed by atoms with Gasteiger partial charge in [0.15, 0.2) is 11.5 Å². The van der Waals surface area contributed by atoms with Crippen molar-refractivity contribution >= 4 is 5.91 Å².